The van der Waals surface area contributed by atoms with Crippen LogP contribution in [0.5, 0.6) is 11.5 Å². The SMILES string of the molecule is COc1cc(Nc2ccc3ncc(N4CCOCC4)nc3c2C#N)ccc1OCCc1ccc(N(C)C)nc1. The van der Waals surface area contributed by atoms with E-state index in [1.54, 1.807) is 13.3 Å². The lowest BCUT2D eigenvalue weighted by Crippen LogP contribution is -2.36. The van der Waals surface area contributed by atoms with E-state index in [0.717, 1.165) is 42.4 Å². The maximum absolute atomic E-state index is 10.0. The number of hydrogen-bond acceptors (Lipinski definition) is 10. The van der Waals surface area contributed by atoms with Crippen molar-refractivity contribution < 1.29 is 14.2 Å². The minimum atomic E-state index is 0.434. The quantitative estimate of drug-likeness (QED) is 0.342. The van der Waals surface area contributed by atoms with Crippen molar-refractivity contribution in [2.75, 3.05) is 69.2 Å². The predicted octanol–water partition coefficient (Wildman–Crippen LogP) is 4.17. The Morgan fingerprint density at radius 1 is 1.05 bits per heavy atom. The molecule has 0 amide bonds. The molecule has 1 saturated heterocycles. The number of fused-ring (bicyclic) bond motifs is 1. The molecule has 2 aromatic carbocycles. The van der Waals surface area contributed by atoms with Crippen molar-refractivity contribution in [3.63, 3.8) is 0 Å². The van der Waals surface area contributed by atoms with Crippen LogP contribution in [0.4, 0.5) is 23.0 Å². The van der Waals surface area contributed by atoms with Crippen LogP contribution in [-0.2, 0) is 11.2 Å². The molecule has 5 rings (SSSR count). The second kappa shape index (κ2) is 11.8. The molecule has 2 aromatic heterocycles. The molecule has 200 valence electrons. The van der Waals surface area contributed by atoms with Crippen molar-refractivity contribution in [2.45, 2.75) is 6.42 Å². The number of anilines is 4. The minimum Gasteiger partial charge on any atom is -0.493 e. The maximum atomic E-state index is 10.0. The number of benzene rings is 2. The second-order valence-electron chi connectivity index (χ2n) is 9.30. The normalized spacial score (nSPS) is 13.1. The van der Waals surface area contributed by atoms with E-state index in [4.69, 9.17) is 19.2 Å². The van der Waals surface area contributed by atoms with Gasteiger partial charge in [0.15, 0.2) is 11.5 Å². The zero-order valence-corrected chi connectivity index (χ0v) is 22.3. The lowest BCUT2D eigenvalue weighted by molar-refractivity contribution is 0.122. The molecule has 3 heterocycles. The third-order valence-electron chi connectivity index (χ3n) is 6.51. The van der Waals surface area contributed by atoms with Crippen LogP contribution in [-0.4, -0.2) is 69.1 Å². The molecule has 0 atom stereocenters. The fourth-order valence-corrected chi connectivity index (χ4v) is 4.36. The Labute approximate surface area is 227 Å². The van der Waals surface area contributed by atoms with Crippen LogP contribution in [0.25, 0.3) is 11.0 Å². The molecule has 4 aromatic rings. The van der Waals surface area contributed by atoms with Crippen molar-refractivity contribution in [2.24, 2.45) is 0 Å². The Kier molecular flexibility index (Phi) is 7.89. The van der Waals surface area contributed by atoms with E-state index in [-0.39, 0.29) is 0 Å². The highest BCUT2D eigenvalue weighted by Crippen LogP contribution is 2.33. The largest absolute Gasteiger partial charge is 0.493 e. The van der Waals surface area contributed by atoms with E-state index in [1.807, 2.05) is 61.6 Å². The summed E-state index contributed by atoms with van der Waals surface area (Å²) in [7, 11) is 5.54. The number of hydrogen-bond donors (Lipinski definition) is 1. The van der Waals surface area contributed by atoms with Crippen molar-refractivity contribution >= 4 is 34.0 Å². The zero-order chi connectivity index (χ0) is 27.2. The fourth-order valence-electron chi connectivity index (χ4n) is 4.36. The first-order valence-electron chi connectivity index (χ1n) is 12.8. The molecule has 10 heteroatoms. The highest BCUT2D eigenvalue weighted by molar-refractivity contribution is 5.89. The lowest BCUT2D eigenvalue weighted by atomic mass is 10.1. The van der Waals surface area contributed by atoms with E-state index in [9.17, 15) is 5.26 Å². The van der Waals surface area contributed by atoms with Crippen LogP contribution in [0.2, 0.25) is 0 Å². The van der Waals surface area contributed by atoms with Crippen LogP contribution in [0.3, 0.4) is 0 Å². The molecule has 0 unspecified atom stereocenters. The number of nitrogens with zero attached hydrogens (tertiary/aromatic N) is 6. The third-order valence-corrected chi connectivity index (χ3v) is 6.51. The van der Waals surface area contributed by atoms with E-state index in [2.05, 4.69) is 32.3 Å². The molecular weight excluding hydrogens is 494 g/mol. The number of rotatable bonds is 9. The summed E-state index contributed by atoms with van der Waals surface area (Å²) in [5.74, 6) is 2.89. The molecule has 0 saturated carbocycles. The topological polar surface area (TPSA) is 109 Å². The maximum Gasteiger partial charge on any atom is 0.162 e. The number of morpholine rings is 1. The van der Waals surface area contributed by atoms with Crippen LogP contribution in [0.1, 0.15) is 11.1 Å². The Morgan fingerprint density at radius 2 is 1.90 bits per heavy atom. The third kappa shape index (κ3) is 5.94. The standard InChI is InChI=1S/C29H31N7O3/c1-35(2)27-9-4-20(18-32-27)10-13-39-25-8-5-21(16-26(25)37-3)33-23-6-7-24-29(22(23)17-30)34-28(19-31-24)36-11-14-38-15-12-36/h4-9,16,18-19,33H,10-15H2,1-3H3. The van der Waals surface area contributed by atoms with Crippen molar-refractivity contribution in [3.8, 4) is 17.6 Å². The lowest BCUT2D eigenvalue weighted by Gasteiger charge is -2.27. The Bertz CT molecular complexity index is 1480. The Balaban J connectivity index is 1.31. The molecule has 0 bridgehead atoms. The monoisotopic (exact) mass is 525 g/mol. The van der Waals surface area contributed by atoms with Gasteiger partial charge in [-0.3, -0.25) is 4.98 Å². The first kappa shape index (κ1) is 26.0. The smallest absolute Gasteiger partial charge is 0.162 e. The molecular formula is C29H31N7O3. The average molecular weight is 526 g/mol. The molecule has 1 N–H and O–H groups in total. The van der Waals surface area contributed by atoms with Gasteiger partial charge in [0, 0.05) is 51.6 Å². The molecule has 0 radical (unpaired) electrons. The van der Waals surface area contributed by atoms with Gasteiger partial charge in [0.05, 0.1) is 44.3 Å². The van der Waals surface area contributed by atoms with Gasteiger partial charge in [0.25, 0.3) is 0 Å². The fraction of sp³-hybridized carbons (Fsp3) is 0.310. The number of nitriles is 1. The van der Waals surface area contributed by atoms with Crippen LogP contribution in [0, 0.1) is 11.3 Å². The number of ether oxygens (including phenoxy) is 3. The molecule has 1 aliphatic heterocycles. The number of pyridine rings is 1. The molecule has 0 aliphatic carbocycles. The van der Waals surface area contributed by atoms with Crippen LogP contribution >= 0.6 is 0 Å². The first-order chi connectivity index (χ1) is 19.1. The van der Waals surface area contributed by atoms with Crippen molar-refractivity contribution in [3.05, 3.63) is 66.0 Å². The molecule has 1 fully saturated rings. The van der Waals surface area contributed by atoms with Gasteiger partial charge >= 0.3 is 0 Å². The molecule has 10 nitrogen and oxygen atoms in total. The van der Waals surface area contributed by atoms with E-state index in [1.165, 1.54) is 0 Å². The summed E-state index contributed by atoms with van der Waals surface area (Å²) < 4.78 is 17.0. The van der Waals surface area contributed by atoms with Gasteiger partial charge < -0.3 is 29.3 Å². The molecule has 0 spiro atoms. The van der Waals surface area contributed by atoms with Gasteiger partial charge in [-0.15, -0.1) is 0 Å². The summed E-state index contributed by atoms with van der Waals surface area (Å²) in [5, 5.41) is 13.4. The summed E-state index contributed by atoms with van der Waals surface area (Å²) in [4.78, 5) is 17.9. The first-order valence-corrected chi connectivity index (χ1v) is 12.8. The molecule has 1 aliphatic rings. The van der Waals surface area contributed by atoms with E-state index >= 15 is 0 Å². The molecule has 39 heavy (non-hydrogen) atoms. The number of nitrogens with one attached hydrogen (secondary N) is 1. The average Bonchev–Trinajstić information content (AvgIpc) is 2.98. The van der Waals surface area contributed by atoms with Gasteiger partial charge in [-0.1, -0.05) is 6.07 Å². The second-order valence-corrected chi connectivity index (χ2v) is 9.30. The van der Waals surface area contributed by atoms with Crippen LogP contribution in [0.15, 0.2) is 54.9 Å². The number of methoxy groups -OCH3 is 1. The van der Waals surface area contributed by atoms with Gasteiger partial charge in [-0.25, -0.2) is 9.97 Å². The Morgan fingerprint density at radius 3 is 2.62 bits per heavy atom. The summed E-state index contributed by atoms with van der Waals surface area (Å²) in [6.45, 7) is 3.27. The summed E-state index contributed by atoms with van der Waals surface area (Å²) in [5.41, 5.74) is 4.16. The minimum absolute atomic E-state index is 0.434. The zero-order valence-electron chi connectivity index (χ0n) is 22.3. The predicted molar refractivity (Wildman–Crippen MR) is 151 cm³/mol. The highest BCUT2D eigenvalue weighted by atomic mass is 16.5. The van der Waals surface area contributed by atoms with Gasteiger partial charge in [-0.2, -0.15) is 5.26 Å². The highest BCUT2D eigenvalue weighted by Gasteiger charge is 2.17. The number of aromatic nitrogens is 3. The Hall–Kier alpha value is -4.62. The van der Waals surface area contributed by atoms with E-state index < -0.39 is 0 Å². The van der Waals surface area contributed by atoms with Gasteiger partial charge in [0.1, 0.15) is 28.8 Å². The van der Waals surface area contributed by atoms with Gasteiger partial charge in [-0.05, 0) is 35.9 Å². The summed E-state index contributed by atoms with van der Waals surface area (Å²) in [6, 6.07) is 15.7. The van der Waals surface area contributed by atoms with Crippen LogP contribution < -0.4 is 24.6 Å². The van der Waals surface area contributed by atoms with E-state index in [0.29, 0.717) is 53.6 Å². The van der Waals surface area contributed by atoms with Crippen molar-refractivity contribution in [1.29, 1.82) is 5.26 Å². The van der Waals surface area contributed by atoms with Crippen molar-refractivity contribution in [1.82, 2.24) is 15.0 Å². The summed E-state index contributed by atoms with van der Waals surface area (Å²) in [6.07, 6.45) is 4.34. The summed E-state index contributed by atoms with van der Waals surface area (Å²) >= 11 is 0. The van der Waals surface area contributed by atoms with Gasteiger partial charge in [0.2, 0.25) is 0 Å².